The highest BCUT2D eigenvalue weighted by Crippen LogP contribution is 2.54. The summed E-state index contributed by atoms with van der Waals surface area (Å²) in [7, 11) is -2.58. The molecule has 13 heteroatoms. The Morgan fingerprint density at radius 3 is 1.73 bits per heavy atom. The van der Waals surface area contributed by atoms with Crippen LogP contribution in [0.4, 0.5) is 0 Å². The Balaban J connectivity index is 1.57. The van der Waals surface area contributed by atoms with Crippen molar-refractivity contribution >= 4 is 48.8 Å². The zero-order valence-corrected chi connectivity index (χ0v) is 31.5. The second kappa shape index (κ2) is 17.4. The van der Waals surface area contributed by atoms with Gasteiger partial charge in [-0.2, -0.15) is 0 Å². The van der Waals surface area contributed by atoms with Crippen molar-refractivity contribution in [1.82, 2.24) is 15.5 Å². The van der Waals surface area contributed by atoms with Gasteiger partial charge in [0.25, 0.3) is 5.91 Å². The third-order valence-corrected chi connectivity index (χ3v) is 12.1. The van der Waals surface area contributed by atoms with Gasteiger partial charge in [0, 0.05) is 21.9 Å². The van der Waals surface area contributed by atoms with E-state index in [2.05, 4.69) is 10.6 Å². The maximum Gasteiger partial charge on any atom is 0.453 e. The molecule has 1 saturated heterocycles. The van der Waals surface area contributed by atoms with Crippen LogP contribution in [0, 0.1) is 11.8 Å². The summed E-state index contributed by atoms with van der Waals surface area (Å²) in [5.41, 5.74) is 0.386. The smallest absolute Gasteiger partial charge is 0.453 e. The summed E-state index contributed by atoms with van der Waals surface area (Å²) in [6, 6.07) is 19.3. The Kier molecular flexibility index (Phi) is 13.5. The van der Waals surface area contributed by atoms with E-state index in [9.17, 15) is 18.9 Å². The van der Waals surface area contributed by atoms with Crippen molar-refractivity contribution < 1.29 is 32.7 Å². The third-order valence-electron chi connectivity index (χ3n) is 8.26. The Hall–Kier alpha value is -3.60. The predicted molar refractivity (Wildman–Crippen MR) is 196 cm³/mol. The number of benzene rings is 3. The Morgan fingerprint density at radius 2 is 1.29 bits per heavy atom. The van der Waals surface area contributed by atoms with E-state index in [0.29, 0.717) is 42.2 Å². The van der Waals surface area contributed by atoms with Crippen molar-refractivity contribution in [1.29, 1.82) is 0 Å². The molecule has 1 fully saturated rings. The lowest BCUT2D eigenvalue weighted by Gasteiger charge is -2.34. The van der Waals surface area contributed by atoms with Crippen molar-refractivity contribution in [2.75, 3.05) is 26.2 Å². The molecule has 0 bridgehead atoms. The van der Waals surface area contributed by atoms with E-state index in [1.165, 1.54) is 4.90 Å². The number of nitrogens with one attached hydrogen (secondary N) is 2. The number of amides is 3. The van der Waals surface area contributed by atoms with Crippen LogP contribution in [-0.4, -0.2) is 66.7 Å². The minimum Gasteiger partial charge on any atom is -0.497 e. The minimum atomic E-state index is -4.12. The van der Waals surface area contributed by atoms with Crippen LogP contribution in [0.1, 0.15) is 50.9 Å². The molecule has 49 heavy (non-hydrogen) atoms. The minimum absolute atomic E-state index is 0.251. The fourth-order valence-electron chi connectivity index (χ4n) is 5.51. The van der Waals surface area contributed by atoms with Crippen LogP contribution in [0.15, 0.2) is 82.6 Å². The SMILES string of the molecule is COc1ccc(C(=O)N[C@H](C(=O)N2CCC[C@H]2C(=O)NC(C(C)C)P(=O)(Oc2ccc(SC)cc2)Oc2ccc(SC)cc2)C(C)C)cc1. The van der Waals surface area contributed by atoms with Crippen LogP contribution in [0.25, 0.3) is 0 Å². The number of carbonyl (C=O) groups is 3. The second-order valence-corrected chi connectivity index (χ2v) is 16.1. The number of nitrogens with zero attached hydrogens (tertiary/aromatic N) is 1. The summed E-state index contributed by atoms with van der Waals surface area (Å²) in [6.45, 7) is 7.70. The van der Waals surface area contributed by atoms with Gasteiger partial charge >= 0.3 is 7.60 Å². The molecule has 3 amide bonds. The number of rotatable bonds is 15. The molecule has 264 valence electrons. The van der Waals surface area contributed by atoms with E-state index >= 15 is 0 Å². The number of ether oxygens (including phenoxy) is 1. The predicted octanol–water partition coefficient (Wildman–Crippen LogP) is 7.33. The van der Waals surface area contributed by atoms with Gasteiger partial charge < -0.3 is 29.3 Å². The van der Waals surface area contributed by atoms with Gasteiger partial charge in [-0.15, -0.1) is 23.5 Å². The van der Waals surface area contributed by atoms with Crippen molar-refractivity contribution in [3.8, 4) is 17.2 Å². The number of thioether (sulfide) groups is 2. The third kappa shape index (κ3) is 9.77. The highest BCUT2D eigenvalue weighted by Gasteiger charge is 2.46. The van der Waals surface area contributed by atoms with Crippen LogP contribution in [0.2, 0.25) is 0 Å². The lowest BCUT2D eigenvalue weighted by Crippen LogP contribution is -2.56. The van der Waals surface area contributed by atoms with E-state index in [1.807, 2.05) is 64.5 Å². The molecule has 1 aliphatic rings. The molecular formula is C36H46N3O7PS2. The van der Waals surface area contributed by atoms with E-state index in [0.717, 1.165) is 9.79 Å². The summed E-state index contributed by atoms with van der Waals surface area (Å²) < 4.78 is 32.4. The van der Waals surface area contributed by atoms with E-state index in [-0.39, 0.29) is 17.7 Å². The fourth-order valence-corrected chi connectivity index (χ4v) is 8.44. The summed E-state index contributed by atoms with van der Waals surface area (Å²) >= 11 is 3.14. The summed E-state index contributed by atoms with van der Waals surface area (Å²) in [5.74, 6) is -1.59. The maximum absolute atomic E-state index is 14.9. The monoisotopic (exact) mass is 727 g/mol. The van der Waals surface area contributed by atoms with E-state index in [1.54, 1.807) is 79.2 Å². The van der Waals surface area contributed by atoms with Crippen LogP contribution in [0.3, 0.4) is 0 Å². The van der Waals surface area contributed by atoms with Crippen molar-refractivity contribution in [2.45, 2.75) is 68.2 Å². The molecule has 3 atom stereocenters. The van der Waals surface area contributed by atoms with Gasteiger partial charge in [0.1, 0.15) is 29.3 Å². The molecule has 0 saturated carbocycles. The van der Waals surface area contributed by atoms with Gasteiger partial charge in [-0.25, -0.2) is 4.57 Å². The molecule has 10 nitrogen and oxygen atoms in total. The summed E-state index contributed by atoms with van der Waals surface area (Å²) in [6.07, 6.45) is 4.93. The first kappa shape index (κ1) is 38.2. The maximum atomic E-state index is 14.9. The molecule has 4 rings (SSSR count). The first-order valence-electron chi connectivity index (χ1n) is 16.2. The quantitative estimate of drug-likeness (QED) is 0.122. The largest absolute Gasteiger partial charge is 0.497 e. The molecule has 2 N–H and O–H groups in total. The average Bonchev–Trinajstić information content (AvgIpc) is 3.60. The van der Waals surface area contributed by atoms with Gasteiger partial charge in [-0.3, -0.25) is 14.4 Å². The number of carbonyl (C=O) groups excluding carboxylic acids is 3. The van der Waals surface area contributed by atoms with E-state index < -0.39 is 37.3 Å². The van der Waals surface area contributed by atoms with Gasteiger partial charge in [-0.05, 0) is 110 Å². The second-order valence-electron chi connectivity index (χ2n) is 12.4. The van der Waals surface area contributed by atoms with Crippen molar-refractivity contribution in [3.05, 3.63) is 78.4 Å². The molecule has 0 radical (unpaired) electrons. The zero-order valence-electron chi connectivity index (χ0n) is 29.0. The van der Waals surface area contributed by atoms with Gasteiger partial charge in [-0.1, -0.05) is 27.7 Å². The Labute approximate surface area is 298 Å². The van der Waals surface area contributed by atoms with Gasteiger partial charge in [0.05, 0.1) is 7.11 Å². The number of methoxy groups -OCH3 is 1. The van der Waals surface area contributed by atoms with Crippen molar-refractivity contribution in [3.63, 3.8) is 0 Å². The lowest BCUT2D eigenvalue weighted by atomic mass is 10.0. The summed E-state index contributed by atoms with van der Waals surface area (Å²) in [5, 5.41) is 5.83. The lowest BCUT2D eigenvalue weighted by molar-refractivity contribution is -0.140. The number of hydrogen-bond acceptors (Lipinski definition) is 9. The highest BCUT2D eigenvalue weighted by atomic mass is 32.2. The highest BCUT2D eigenvalue weighted by molar-refractivity contribution is 7.98. The standard InChI is InChI=1S/C36H46N3O7PS2/c1-23(2)32(37-33(40)25-10-12-26(44-5)13-11-25)36(42)39-22-8-9-31(39)34(41)38-35(24(3)4)47(43,45-27-14-18-29(48-6)19-15-27)46-28-16-20-30(49-7)21-17-28/h10-21,23-24,31-32,35H,8-9,22H2,1-7H3,(H,37,40)(H,38,41)/t31-,32-,35?/m0/s1. The molecule has 0 aromatic heterocycles. The molecule has 1 aliphatic heterocycles. The Bertz CT molecular complexity index is 1570. The zero-order chi connectivity index (χ0) is 35.7. The molecular weight excluding hydrogens is 682 g/mol. The van der Waals surface area contributed by atoms with Gasteiger partial charge in [0.15, 0.2) is 5.78 Å². The number of likely N-dealkylation sites (tertiary alicyclic amines) is 1. The molecule has 3 aromatic carbocycles. The van der Waals surface area contributed by atoms with Crippen LogP contribution in [0.5, 0.6) is 17.2 Å². The molecule has 3 aromatic rings. The van der Waals surface area contributed by atoms with E-state index in [4.69, 9.17) is 13.8 Å². The molecule has 1 heterocycles. The Morgan fingerprint density at radius 1 is 0.776 bits per heavy atom. The first-order valence-corrected chi connectivity index (χ1v) is 20.3. The van der Waals surface area contributed by atoms with Gasteiger partial charge in [0.2, 0.25) is 11.8 Å². The summed E-state index contributed by atoms with van der Waals surface area (Å²) in [4.78, 5) is 44.7. The number of hydrogen-bond donors (Lipinski definition) is 2. The fraction of sp³-hybridized carbons (Fsp3) is 0.417. The normalized spacial score (nSPS) is 15.9. The van der Waals surface area contributed by atoms with Crippen LogP contribution in [-0.2, 0) is 14.2 Å². The van der Waals surface area contributed by atoms with Crippen molar-refractivity contribution in [2.24, 2.45) is 11.8 Å². The van der Waals surface area contributed by atoms with Crippen LogP contribution >= 0.6 is 31.1 Å². The molecule has 0 aliphatic carbocycles. The molecule has 0 spiro atoms. The first-order chi connectivity index (χ1) is 23.4. The topological polar surface area (TPSA) is 123 Å². The molecule has 1 unspecified atom stereocenters. The average molecular weight is 728 g/mol. The van der Waals surface area contributed by atoms with Crippen LogP contribution < -0.4 is 24.4 Å².